The Hall–Kier alpha value is 1.56. The van der Waals surface area contributed by atoms with Crippen LogP contribution in [0.5, 0.6) is 0 Å². The molecule has 0 spiro atoms. The van der Waals surface area contributed by atoms with E-state index < -0.39 is 0 Å². The second kappa shape index (κ2) is 13.2. The van der Waals surface area contributed by atoms with Gasteiger partial charge in [-0.3, -0.25) is 0 Å². The minimum absolute atomic E-state index is 0. The van der Waals surface area contributed by atoms with Crippen LogP contribution in [0.3, 0.4) is 0 Å². The molecule has 0 aromatic carbocycles. The van der Waals surface area contributed by atoms with E-state index in [9.17, 15) is 0 Å². The summed E-state index contributed by atoms with van der Waals surface area (Å²) in [4.78, 5) is 0. The van der Waals surface area contributed by atoms with Gasteiger partial charge in [0.15, 0.2) is 0 Å². The van der Waals surface area contributed by atoms with Gasteiger partial charge >= 0.3 is 0 Å². The summed E-state index contributed by atoms with van der Waals surface area (Å²) in [6.07, 6.45) is 6.19. The third kappa shape index (κ3) is 12.3. The van der Waals surface area contributed by atoms with Crippen molar-refractivity contribution in [1.82, 2.24) is 0 Å². The molecule has 0 aliphatic rings. The Balaban J connectivity index is 0. The first-order valence-electron chi connectivity index (χ1n) is 3.82. The van der Waals surface area contributed by atoms with Gasteiger partial charge in [-0.05, 0) is 25.9 Å². The van der Waals surface area contributed by atoms with Gasteiger partial charge in [0.05, 0.1) is 0 Å². The maximum Gasteiger partial charge on any atom is 0 e. The molecule has 0 atom stereocenters. The number of hydrogen-bond donors (Lipinski definition) is 2. The van der Waals surface area contributed by atoms with E-state index in [0.29, 0.717) is 0 Å². The van der Waals surface area contributed by atoms with Gasteiger partial charge in [-0.25, -0.2) is 0 Å². The van der Waals surface area contributed by atoms with E-state index in [4.69, 9.17) is 11.5 Å². The van der Waals surface area contributed by atoms with Crippen molar-refractivity contribution in [3.8, 4) is 0 Å². The third-order valence-corrected chi connectivity index (χ3v) is 1.41. The summed E-state index contributed by atoms with van der Waals surface area (Å²) in [5, 5.41) is 0. The van der Waals surface area contributed by atoms with E-state index >= 15 is 0 Å². The van der Waals surface area contributed by atoms with E-state index in [1.54, 1.807) is 0 Å². The fourth-order valence-electron chi connectivity index (χ4n) is 0.819. The van der Waals surface area contributed by atoms with E-state index in [1.807, 2.05) is 0 Å². The molecule has 0 fully saturated rings. The van der Waals surface area contributed by atoms with E-state index in [-0.39, 0.29) is 51.4 Å². The molecule has 0 amide bonds. The molecule has 0 saturated carbocycles. The summed E-state index contributed by atoms with van der Waals surface area (Å²) in [7, 11) is 0. The monoisotopic (exact) mass is 169 g/mol. The first kappa shape index (κ1) is 14.1. The normalized spacial score (nSPS) is 9.00. The number of hydrogen-bond acceptors (Lipinski definition) is 2. The minimum Gasteiger partial charge on any atom is -0.330 e. The summed E-state index contributed by atoms with van der Waals surface area (Å²) in [6.45, 7) is 1.67. The zero-order chi connectivity index (χ0) is 6.95. The molecule has 0 heterocycles. The summed E-state index contributed by atoms with van der Waals surface area (Å²) >= 11 is 0. The number of rotatable bonds is 6. The third-order valence-electron chi connectivity index (χ3n) is 1.41. The van der Waals surface area contributed by atoms with Crippen LogP contribution in [0.25, 0.3) is 0 Å². The molecular weight excluding hydrogens is 151 g/mol. The molecule has 3 heteroatoms. The van der Waals surface area contributed by atoms with Gasteiger partial charge in [-0.15, -0.1) is 0 Å². The molecule has 0 saturated heterocycles. The fraction of sp³-hybridized carbons (Fsp3) is 1.00. The van der Waals surface area contributed by atoms with Gasteiger partial charge in [0, 0.05) is 51.4 Å². The molecule has 0 aromatic heterocycles. The molecule has 0 bridgehead atoms. The average Bonchev–Trinajstić information content (AvgIpc) is 1.89. The summed E-state index contributed by atoms with van der Waals surface area (Å²) < 4.78 is 0. The Labute approximate surface area is 107 Å². The van der Waals surface area contributed by atoms with Gasteiger partial charge in [0.2, 0.25) is 0 Å². The van der Waals surface area contributed by atoms with E-state index in [2.05, 4.69) is 0 Å². The summed E-state index contributed by atoms with van der Waals surface area (Å²) in [6, 6.07) is 0. The van der Waals surface area contributed by atoms with E-state index in [1.165, 1.54) is 32.1 Å². The van der Waals surface area contributed by atoms with Gasteiger partial charge in [-0.2, -0.15) is 0 Å². The van der Waals surface area contributed by atoms with Gasteiger partial charge < -0.3 is 11.5 Å². The molecule has 57 valence electrons. The number of nitrogens with two attached hydrogens (primary N) is 2. The SMILES string of the molecule is NCCCCCCCN.[K]. The molecule has 1 radical (unpaired) electrons. The van der Waals surface area contributed by atoms with Gasteiger partial charge in [0.25, 0.3) is 0 Å². The Morgan fingerprint density at radius 3 is 1.20 bits per heavy atom. The van der Waals surface area contributed by atoms with Crippen LogP contribution in [-0.2, 0) is 0 Å². The van der Waals surface area contributed by atoms with Crippen LogP contribution >= 0.6 is 0 Å². The topological polar surface area (TPSA) is 52.0 Å². The van der Waals surface area contributed by atoms with Crippen molar-refractivity contribution >= 4 is 51.4 Å². The first-order chi connectivity index (χ1) is 4.41. The Morgan fingerprint density at radius 2 is 0.900 bits per heavy atom. The second-order valence-electron chi connectivity index (χ2n) is 2.35. The Morgan fingerprint density at radius 1 is 0.600 bits per heavy atom. The molecule has 4 N–H and O–H groups in total. The van der Waals surface area contributed by atoms with Crippen molar-refractivity contribution in [1.29, 1.82) is 0 Å². The molecule has 0 unspecified atom stereocenters. The van der Waals surface area contributed by atoms with Crippen LogP contribution in [0.1, 0.15) is 32.1 Å². The zero-order valence-corrected chi connectivity index (χ0v) is 10.2. The summed E-state index contributed by atoms with van der Waals surface area (Å²) in [5.74, 6) is 0. The van der Waals surface area contributed by atoms with Crippen molar-refractivity contribution in [3.05, 3.63) is 0 Å². The van der Waals surface area contributed by atoms with Crippen LogP contribution in [-0.4, -0.2) is 64.5 Å². The molecule has 0 rings (SSSR count). The smallest absolute Gasteiger partial charge is 0 e. The van der Waals surface area contributed by atoms with Crippen molar-refractivity contribution in [3.63, 3.8) is 0 Å². The maximum atomic E-state index is 5.32. The molecular formula is C7H18KN2. The molecule has 10 heavy (non-hydrogen) atoms. The fourth-order valence-corrected chi connectivity index (χ4v) is 0.819. The van der Waals surface area contributed by atoms with E-state index in [0.717, 1.165) is 13.1 Å². The minimum atomic E-state index is 0. The predicted octanol–water partition coefficient (Wildman–Crippen LogP) is 0.474. The van der Waals surface area contributed by atoms with Crippen molar-refractivity contribution in [2.75, 3.05) is 13.1 Å². The van der Waals surface area contributed by atoms with Crippen molar-refractivity contribution in [2.24, 2.45) is 11.5 Å². The van der Waals surface area contributed by atoms with Crippen LogP contribution in [0.2, 0.25) is 0 Å². The quantitative estimate of drug-likeness (QED) is 0.449. The molecule has 2 nitrogen and oxygen atoms in total. The first-order valence-corrected chi connectivity index (χ1v) is 3.82. The summed E-state index contributed by atoms with van der Waals surface area (Å²) in [5.41, 5.74) is 10.6. The second-order valence-corrected chi connectivity index (χ2v) is 2.35. The molecule has 0 aliphatic heterocycles. The van der Waals surface area contributed by atoms with Crippen molar-refractivity contribution < 1.29 is 0 Å². The van der Waals surface area contributed by atoms with Gasteiger partial charge in [-0.1, -0.05) is 19.3 Å². The largest absolute Gasteiger partial charge is 0.330 e. The maximum absolute atomic E-state index is 5.32. The number of unbranched alkanes of at least 4 members (excludes halogenated alkanes) is 4. The van der Waals surface area contributed by atoms with Crippen LogP contribution in [0, 0.1) is 0 Å². The van der Waals surface area contributed by atoms with Gasteiger partial charge in [0.1, 0.15) is 0 Å². The van der Waals surface area contributed by atoms with Crippen LogP contribution in [0.15, 0.2) is 0 Å². The standard InChI is InChI=1S/C7H18N2.K/c8-6-4-2-1-3-5-7-9;/h1-9H2;. The average molecular weight is 169 g/mol. The Bertz CT molecular complexity index is 44.9. The molecule has 0 aromatic rings. The van der Waals surface area contributed by atoms with Crippen LogP contribution in [0.4, 0.5) is 0 Å². The Kier molecular flexibility index (Phi) is 18.6. The van der Waals surface area contributed by atoms with Crippen molar-refractivity contribution in [2.45, 2.75) is 32.1 Å². The molecule has 0 aliphatic carbocycles. The zero-order valence-electron chi connectivity index (χ0n) is 7.10. The van der Waals surface area contributed by atoms with Crippen LogP contribution < -0.4 is 11.5 Å². The predicted molar refractivity (Wildman–Crippen MR) is 46.9 cm³/mol.